The zero-order chi connectivity index (χ0) is 53.8. The number of hydrogen-bond acceptors (Lipinski definition) is 1. The summed E-state index contributed by atoms with van der Waals surface area (Å²) in [5, 5.41) is 2.91. The fourth-order valence-electron chi connectivity index (χ4n) is 8.01. The summed E-state index contributed by atoms with van der Waals surface area (Å²) in [5.41, 5.74) is -0.831. The van der Waals surface area contributed by atoms with Crippen molar-refractivity contribution < 1.29 is 24.7 Å². The lowest BCUT2D eigenvalue weighted by Gasteiger charge is -2.26. The van der Waals surface area contributed by atoms with Crippen LogP contribution in [0.3, 0.4) is 0 Å². The average molecular weight is 759 g/mol. The third-order valence-electron chi connectivity index (χ3n) is 10.5. The number of para-hydroxylation sites is 6. The highest BCUT2D eigenvalue weighted by atomic mass is 15.1. The summed E-state index contributed by atoms with van der Waals surface area (Å²) >= 11 is 0. The van der Waals surface area contributed by atoms with E-state index in [1.165, 1.54) is 50.1 Å². The highest BCUT2D eigenvalue weighted by Crippen LogP contribution is 2.40. The average Bonchev–Trinajstić information content (AvgIpc) is 3.98. The number of rotatable bonds is 6. The second-order valence-electron chi connectivity index (χ2n) is 13.6. The molecule has 0 saturated carbocycles. The van der Waals surface area contributed by atoms with E-state index in [1.54, 1.807) is 72.8 Å². The van der Waals surface area contributed by atoms with Crippen LogP contribution < -0.4 is 4.90 Å². The van der Waals surface area contributed by atoms with Gasteiger partial charge in [-0.25, -0.2) is 0 Å². The van der Waals surface area contributed by atoms with Crippen LogP contribution in [0.2, 0.25) is 0 Å². The van der Waals surface area contributed by atoms with Gasteiger partial charge in [0, 0.05) is 66.4 Å². The summed E-state index contributed by atoms with van der Waals surface area (Å²) in [4.78, 5) is 0.736. The maximum Gasteiger partial charge on any atom is 0.0646 e. The number of fused-ring (bicyclic) bond motifs is 9. The van der Waals surface area contributed by atoms with Crippen LogP contribution in [0.1, 0.15) is 24.7 Å². The van der Waals surface area contributed by atoms with E-state index in [0.717, 1.165) is 4.90 Å². The Labute approximate surface area is 360 Å². The molecule has 0 bridgehead atoms. The van der Waals surface area contributed by atoms with E-state index in [2.05, 4.69) is 0 Å². The van der Waals surface area contributed by atoms with Gasteiger partial charge in [-0.3, -0.25) is 0 Å². The number of anilines is 3. The van der Waals surface area contributed by atoms with Crippen molar-refractivity contribution in [2.75, 3.05) is 4.90 Å². The lowest BCUT2D eigenvalue weighted by Crippen LogP contribution is -2.10. The Hall–Kier alpha value is -7.82. The zero-order valence-electron chi connectivity index (χ0n) is 48.2. The summed E-state index contributed by atoms with van der Waals surface area (Å²) in [6, 6.07) is 19.4. The summed E-state index contributed by atoms with van der Waals surface area (Å²) in [6.45, 7) is 0. The van der Waals surface area contributed by atoms with Crippen LogP contribution in [0.5, 0.6) is 0 Å². The normalized spacial score (nSPS) is 16.1. The number of aromatic nitrogens is 3. The van der Waals surface area contributed by atoms with E-state index >= 15 is 0 Å². The smallest absolute Gasteiger partial charge is 0.0646 e. The van der Waals surface area contributed by atoms with E-state index < -0.39 is 89.6 Å². The molecule has 3 aromatic heterocycles. The van der Waals surface area contributed by atoms with Crippen LogP contribution in [0.25, 0.3) is 82.5 Å². The molecular formula is C54H36N4. The maximum atomic E-state index is 9.82. The SMILES string of the molecule is [2H]c1ccc2c(c1)c1cc([2H])ccc1n2-c1c([2H])c([2H])c(N(c2c([2H])c([2H])c(-n3c4ccc([2H])cc4c4cc([2H])ccc43)c([2H])c2[2H])c2c([2H])c([2H])c(-n3c4ccc([2H])cc4c4cc([2H])ccc43)c([2H])c2[2H])c([2H])c1[2H]. The zero-order valence-corrected chi connectivity index (χ0v) is 30.2. The third-order valence-corrected chi connectivity index (χ3v) is 10.5. The van der Waals surface area contributed by atoms with Crippen molar-refractivity contribution in [1.29, 1.82) is 0 Å². The molecule has 4 heteroatoms. The second-order valence-corrected chi connectivity index (χ2v) is 13.6. The molecule has 0 saturated heterocycles. The highest BCUT2D eigenvalue weighted by Gasteiger charge is 2.18. The minimum absolute atomic E-state index is 0.133. The van der Waals surface area contributed by atoms with Crippen LogP contribution >= 0.6 is 0 Å². The minimum Gasteiger partial charge on any atom is -0.310 e. The summed E-state index contributed by atoms with van der Waals surface area (Å²) in [5.74, 6) is 0. The molecule has 3 heterocycles. The molecule has 0 aliphatic heterocycles. The molecule has 58 heavy (non-hydrogen) atoms. The molecule has 272 valence electrons. The highest BCUT2D eigenvalue weighted by molar-refractivity contribution is 6.11. The van der Waals surface area contributed by atoms with E-state index in [9.17, 15) is 16.4 Å². The Morgan fingerprint density at radius 3 is 0.690 bits per heavy atom. The van der Waals surface area contributed by atoms with Gasteiger partial charge in [0.05, 0.1) is 57.8 Å². The third kappa shape index (κ3) is 4.88. The second kappa shape index (κ2) is 12.9. The van der Waals surface area contributed by atoms with Crippen LogP contribution in [0.15, 0.2) is 218 Å². The number of hydrogen-bond donors (Lipinski definition) is 0. The Bertz CT molecular complexity index is 3870. The van der Waals surface area contributed by atoms with E-state index in [-0.39, 0.29) is 53.3 Å². The van der Waals surface area contributed by atoms with Crippen molar-refractivity contribution in [3.63, 3.8) is 0 Å². The van der Waals surface area contributed by atoms with Gasteiger partial charge in [0.25, 0.3) is 0 Å². The van der Waals surface area contributed by atoms with Crippen LogP contribution in [0.4, 0.5) is 17.1 Å². The van der Waals surface area contributed by atoms with Gasteiger partial charge in [-0.1, -0.05) is 109 Å². The van der Waals surface area contributed by atoms with Gasteiger partial charge in [0.2, 0.25) is 0 Å². The quantitative estimate of drug-likeness (QED) is 0.165. The van der Waals surface area contributed by atoms with E-state index in [4.69, 9.17) is 8.22 Å². The van der Waals surface area contributed by atoms with Gasteiger partial charge in [0.1, 0.15) is 0 Å². The van der Waals surface area contributed by atoms with Crippen molar-refractivity contribution in [3.8, 4) is 17.1 Å². The molecule has 0 unspecified atom stereocenters. The van der Waals surface area contributed by atoms with Crippen molar-refractivity contribution in [2.24, 2.45) is 0 Å². The molecule has 0 spiro atoms. The van der Waals surface area contributed by atoms with Gasteiger partial charge in [-0.05, 0) is 109 Å². The standard InChI is InChI=1S/C54H36N4/c1-7-19-49-43(13-1)44-14-2-8-20-50(44)56(49)40-31-25-37(26-32-40)55(38-27-33-41(34-28-38)57-51-21-9-3-15-45(51)46-16-4-10-22-52(46)57)39-29-35-42(36-30-39)58-53-23-11-5-17-47(53)48-18-6-12-24-54(48)58/h1-36H/i1D,2D,3D,4D,5D,6D,25D,26D,27D,28D,29D,30D,31D,32D,33D,34D,35D,36D. The molecule has 0 atom stereocenters. The topological polar surface area (TPSA) is 18.0 Å². The van der Waals surface area contributed by atoms with Crippen molar-refractivity contribution in [1.82, 2.24) is 13.7 Å². The molecule has 0 aliphatic rings. The lowest BCUT2D eigenvalue weighted by atomic mass is 10.1. The van der Waals surface area contributed by atoms with Gasteiger partial charge in [-0.2, -0.15) is 0 Å². The fourth-order valence-corrected chi connectivity index (χ4v) is 8.01. The van der Waals surface area contributed by atoms with Gasteiger partial charge < -0.3 is 18.6 Å². The summed E-state index contributed by atoms with van der Waals surface area (Å²) in [7, 11) is 0. The Kier molecular flexibility index (Phi) is 4.30. The first-order chi connectivity index (χ1) is 36.2. The largest absolute Gasteiger partial charge is 0.310 e. The Morgan fingerprint density at radius 1 is 0.276 bits per heavy atom. The molecule has 12 aromatic rings. The van der Waals surface area contributed by atoms with Crippen LogP contribution in [-0.2, 0) is 0 Å². The first kappa shape index (κ1) is 19.4. The fraction of sp³-hybridized carbons (Fsp3) is 0. The van der Waals surface area contributed by atoms with Gasteiger partial charge >= 0.3 is 0 Å². The van der Waals surface area contributed by atoms with Crippen molar-refractivity contribution in [3.05, 3.63) is 218 Å². The van der Waals surface area contributed by atoms with Crippen molar-refractivity contribution in [2.45, 2.75) is 0 Å². The molecule has 0 amide bonds. The Balaban J connectivity index is 1.19. The van der Waals surface area contributed by atoms with Crippen molar-refractivity contribution >= 4 is 82.5 Å². The Morgan fingerprint density at radius 2 is 0.483 bits per heavy atom. The molecule has 0 aliphatic carbocycles. The lowest BCUT2D eigenvalue weighted by molar-refractivity contribution is 1.16. The predicted molar refractivity (Wildman–Crippen MR) is 244 cm³/mol. The first-order valence-corrected chi connectivity index (χ1v) is 18.4. The first-order valence-electron chi connectivity index (χ1n) is 27.4. The minimum atomic E-state index is -0.832. The van der Waals surface area contributed by atoms with E-state index in [0.29, 0.717) is 65.4 Å². The number of benzene rings is 9. The molecule has 12 rings (SSSR count). The molecule has 0 N–H and O–H groups in total. The molecule has 0 fully saturated rings. The summed E-state index contributed by atoms with van der Waals surface area (Å²) in [6.07, 6.45) is 0. The summed E-state index contributed by atoms with van der Waals surface area (Å²) < 4.78 is 172. The van der Waals surface area contributed by atoms with Gasteiger partial charge in [0.15, 0.2) is 0 Å². The van der Waals surface area contributed by atoms with E-state index in [1.807, 2.05) is 0 Å². The molecule has 4 nitrogen and oxygen atoms in total. The van der Waals surface area contributed by atoms with Crippen LogP contribution in [-0.4, -0.2) is 13.7 Å². The molecular weight excluding hydrogens is 705 g/mol. The number of nitrogens with zero attached hydrogens (tertiary/aromatic N) is 4. The predicted octanol–water partition coefficient (Wildman–Crippen LogP) is 14.4. The molecule has 9 aromatic carbocycles. The monoisotopic (exact) mass is 758 g/mol. The van der Waals surface area contributed by atoms with Crippen LogP contribution in [0, 0.1) is 0 Å². The maximum absolute atomic E-state index is 9.82. The molecule has 0 radical (unpaired) electrons. The van der Waals surface area contributed by atoms with Gasteiger partial charge in [-0.15, -0.1) is 0 Å².